The Morgan fingerprint density at radius 3 is 2.21 bits per heavy atom. The molecule has 0 saturated heterocycles. The molecule has 0 aromatic rings. The molecule has 1 amide bonds. The molecule has 0 fully saturated rings. The van der Waals surface area contributed by atoms with Crippen molar-refractivity contribution in [3.05, 3.63) is 0 Å². The lowest BCUT2D eigenvalue weighted by molar-refractivity contribution is -0.142. The molecule has 0 aliphatic heterocycles. The Morgan fingerprint density at radius 2 is 1.74 bits per heavy atom. The van der Waals surface area contributed by atoms with Gasteiger partial charge in [0.05, 0.1) is 0 Å². The summed E-state index contributed by atoms with van der Waals surface area (Å²) in [4.78, 5) is 22.7. The first-order valence-electron chi connectivity index (χ1n) is 7.27. The highest BCUT2D eigenvalue weighted by Gasteiger charge is 2.19. The average Bonchev–Trinajstić information content (AvgIpc) is 2.36. The van der Waals surface area contributed by atoms with Gasteiger partial charge in [0, 0.05) is 6.42 Å². The molecule has 4 N–H and O–H groups in total. The predicted octanol–water partition coefficient (Wildman–Crippen LogP) is 1.90. The zero-order valence-corrected chi connectivity index (χ0v) is 12.2. The first-order chi connectivity index (χ1) is 9.04. The third kappa shape index (κ3) is 8.59. The monoisotopic (exact) mass is 272 g/mol. The Kier molecular flexibility index (Phi) is 10.2. The first kappa shape index (κ1) is 17.9. The van der Waals surface area contributed by atoms with Gasteiger partial charge >= 0.3 is 5.97 Å². The van der Waals surface area contributed by atoms with Crippen molar-refractivity contribution in [3.63, 3.8) is 0 Å². The summed E-state index contributed by atoms with van der Waals surface area (Å²) in [5.74, 6) is -0.656. The number of carboxylic acids is 1. The minimum absolute atomic E-state index is 0.168. The van der Waals surface area contributed by atoms with E-state index in [-0.39, 0.29) is 5.91 Å². The van der Waals surface area contributed by atoms with Gasteiger partial charge in [-0.2, -0.15) is 0 Å². The molecule has 5 nitrogen and oxygen atoms in total. The lowest BCUT2D eigenvalue weighted by Crippen LogP contribution is -2.40. The zero-order chi connectivity index (χ0) is 14.7. The van der Waals surface area contributed by atoms with Gasteiger partial charge in [-0.1, -0.05) is 33.1 Å². The third-order valence-electron chi connectivity index (χ3n) is 3.26. The molecule has 0 aliphatic rings. The number of rotatable bonds is 11. The van der Waals surface area contributed by atoms with E-state index in [2.05, 4.69) is 12.2 Å². The van der Waals surface area contributed by atoms with Crippen LogP contribution in [0.15, 0.2) is 0 Å². The van der Waals surface area contributed by atoms with Crippen molar-refractivity contribution in [3.8, 4) is 0 Å². The van der Waals surface area contributed by atoms with Crippen LogP contribution in [-0.4, -0.2) is 29.6 Å². The molecule has 0 saturated carbocycles. The number of nitrogens with one attached hydrogen (secondary N) is 1. The molecule has 0 radical (unpaired) electrons. The molecule has 0 rings (SSSR count). The molecule has 0 aliphatic carbocycles. The molecule has 0 aromatic heterocycles. The quantitative estimate of drug-likeness (QED) is 0.535. The Labute approximate surface area is 115 Å². The molecule has 2 atom stereocenters. The lowest BCUT2D eigenvalue weighted by Gasteiger charge is -2.17. The van der Waals surface area contributed by atoms with Crippen LogP contribution in [0.3, 0.4) is 0 Å². The number of carbonyl (C=O) groups is 2. The fourth-order valence-electron chi connectivity index (χ4n) is 2.22. The summed E-state index contributed by atoms with van der Waals surface area (Å²) >= 11 is 0. The topological polar surface area (TPSA) is 92.4 Å². The van der Waals surface area contributed by atoms with E-state index in [1.54, 1.807) is 0 Å². The first-order valence-corrected chi connectivity index (χ1v) is 7.27. The Morgan fingerprint density at radius 1 is 1.11 bits per heavy atom. The van der Waals surface area contributed by atoms with Gasteiger partial charge in [-0.3, -0.25) is 4.79 Å². The molecule has 112 valence electrons. The van der Waals surface area contributed by atoms with E-state index < -0.39 is 12.0 Å². The number of amides is 1. The van der Waals surface area contributed by atoms with Crippen LogP contribution in [0, 0.1) is 5.92 Å². The maximum atomic E-state index is 11.7. The Balaban J connectivity index is 4.10. The standard InChI is InChI=1S/C14H28N2O3/c1-3-5-11(9-10-15)7-8-13(17)16-12(6-4-2)14(18)19/h11-12H,3-10,15H2,1-2H3,(H,16,17)(H,18,19)/t11?,12-/m0/s1. The second-order valence-electron chi connectivity index (χ2n) is 5.02. The van der Waals surface area contributed by atoms with Crippen LogP contribution in [0.2, 0.25) is 0 Å². The van der Waals surface area contributed by atoms with Crippen LogP contribution < -0.4 is 11.1 Å². The van der Waals surface area contributed by atoms with Crippen molar-refractivity contribution in [1.82, 2.24) is 5.32 Å². The molecular formula is C14H28N2O3. The smallest absolute Gasteiger partial charge is 0.326 e. The summed E-state index contributed by atoms with van der Waals surface area (Å²) in [5, 5.41) is 11.6. The van der Waals surface area contributed by atoms with Gasteiger partial charge in [-0.05, 0) is 31.7 Å². The van der Waals surface area contributed by atoms with Gasteiger partial charge in [0.1, 0.15) is 6.04 Å². The number of nitrogens with two attached hydrogens (primary N) is 1. The second kappa shape index (κ2) is 10.8. The van der Waals surface area contributed by atoms with Crippen LogP contribution in [0.4, 0.5) is 0 Å². The minimum atomic E-state index is -0.956. The van der Waals surface area contributed by atoms with Crippen molar-refractivity contribution >= 4 is 11.9 Å². The second-order valence-corrected chi connectivity index (χ2v) is 5.02. The molecule has 0 heterocycles. The summed E-state index contributed by atoms with van der Waals surface area (Å²) in [6.07, 6.45) is 5.47. The number of carbonyl (C=O) groups excluding carboxylic acids is 1. The van der Waals surface area contributed by atoms with E-state index in [1.807, 2.05) is 6.92 Å². The summed E-state index contributed by atoms with van der Waals surface area (Å²) in [6, 6.07) is -0.753. The number of aliphatic carboxylic acids is 1. The van der Waals surface area contributed by atoms with Gasteiger partial charge in [0.25, 0.3) is 0 Å². The lowest BCUT2D eigenvalue weighted by atomic mass is 9.94. The SMILES string of the molecule is CCCC(CCN)CCC(=O)N[C@@H](CCC)C(=O)O. The van der Waals surface area contributed by atoms with E-state index in [0.29, 0.717) is 25.3 Å². The summed E-state index contributed by atoms with van der Waals surface area (Å²) in [6.45, 7) is 4.66. The number of hydrogen-bond donors (Lipinski definition) is 3. The van der Waals surface area contributed by atoms with Gasteiger partial charge in [0.15, 0.2) is 0 Å². The normalized spacial score (nSPS) is 13.8. The van der Waals surface area contributed by atoms with Crippen molar-refractivity contribution in [2.75, 3.05) is 6.54 Å². The zero-order valence-electron chi connectivity index (χ0n) is 12.2. The molecular weight excluding hydrogens is 244 g/mol. The molecule has 5 heteroatoms. The van der Waals surface area contributed by atoms with E-state index in [0.717, 1.165) is 32.1 Å². The van der Waals surface area contributed by atoms with Crippen molar-refractivity contribution in [2.24, 2.45) is 11.7 Å². The maximum Gasteiger partial charge on any atom is 0.326 e. The third-order valence-corrected chi connectivity index (χ3v) is 3.26. The van der Waals surface area contributed by atoms with Crippen LogP contribution in [0.25, 0.3) is 0 Å². The average molecular weight is 272 g/mol. The fraction of sp³-hybridized carbons (Fsp3) is 0.857. The Hall–Kier alpha value is -1.10. The molecule has 0 spiro atoms. The highest BCUT2D eigenvalue weighted by atomic mass is 16.4. The highest BCUT2D eigenvalue weighted by molar-refractivity contribution is 5.83. The maximum absolute atomic E-state index is 11.7. The molecule has 19 heavy (non-hydrogen) atoms. The molecule has 1 unspecified atom stereocenters. The van der Waals surface area contributed by atoms with Crippen molar-refractivity contribution < 1.29 is 14.7 Å². The van der Waals surface area contributed by atoms with Crippen LogP contribution >= 0.6 is 0 Å². The van der Waals surface area contributed by atoms with E-state index >= 15 is 0 Å². The van der Waals surface area contributed by atoms with E-state index in [1.165, 1.54) is 0 Å². The van der Waals surface area contributed by atoms with Crippen LogP contribution in [-0.2, 0) is 9.59 Å². The van der Waals surface area contributed by atoms with Gasteiger partial charge < -0.3 is 16.2 Å². The number of hydrogen-bond acceptors (Lipinski definition) is 3. The van der Waals surface area contributed by atoms with Crippen molar-refractivity contribution in [2.45, 2.75) is 64.8 Å². The van der Waals surface area contributed by atoms with Gasteiger partial charge in [-0.15, -0.1) is 0 Å². The van der Waals surface area contributed by atoms with Crippen LogP contribution in [0.5, 0.6) is 0 Å². The van der Waals surface area contributed by atoms with E-state index in [9.17, 15) is 9.59 Å². The minimum Gasteiger partial charge on any atom is -0.480 e. The summed E-state index contributed by atoms with van der Waals surface area (Å²) in [5.41, 5.74) is 5.55. The summed E-state index contributed by atoms with van der Waals surface area (Å²) < 4.78 is 0. The molecule has 0 aromatic carbocycles. The van der Waals surface area contributed by atoms with E-state index in [4.69, 9.17) is 10.8 Å². The predicted molar refractivity (Wildman–Crippen MR) is 75.8 cm³/mol. The molecule has 0 bridgehead atoms. The van der Waals surface area contributed by atoms with Crippen LogP contribution in [0.1, 0.15) is 58.8 Å². The summed E-state index contributed by atoms with van der Waals surface area (Å²) in [7, 11) is 0. The van der Waals surface area contributed by atoms with Crippen molar-refractivity contribution in [1.29, 1.82) is 0 Å². The van der Waals surface area contributed by atoms with Gasteiger partial charge in [-0.25, -0.2) is 4.79 Å². The largest absolute Gasteiger partial charge is 0.480 e. The fourth-order valence-corrected chi connectivity index (χ4v) is 2.22. The number of carboxylic acid groups (broad SMARTS) is 1. The Bertz CT molecular complexity index is 263. The highest BCUT2D eigenvalue weighted by Crippen LogP contribution is 2.16. The van der Waals surface area contributed by atoms with Gasteiger partial charge in [0.2, 0.25) is 5.91 Å².